The molecule has 3 rings (SSSR count). The first kappa shape index (κ1) is 15.7. The van der Waals surface area contributed by atoms with Crippen molar-refractivity contribution < 1.29 is 4.79 Å². The second kappa shape index (κ2) is 7.88. The fraction of sp³-hybridized carbons (Fsp3) is 0.0476. The highest BCUT2D eigenvalue weighted by molar-refractivity contribution is 6.03. The molecule has 0 fully saturated rings. The first-order chi connectivity index (χ1) is 11.8. The molecule has 0 radical (unpaired) electrons. The summed E-state index contributed by atoms with van der Waals surface area (Å²) in [6, 6.07) is 29.1. The SMILES string of the molecule is O=C(NN=C(Cc1ccccc1)c1ccccc1)c1ccccc1. The molecular formula is C21H18N2O. The molecule has 0 aliphatic heterocycles. The third-order valence-electron chi connectivity index (χ3n) is 3.65. The molecule has 0 aliphatic carbocycles. The maximum Gasteiger partial charge on any atom is 0.271 e. The number of rotatable bonds is 5. The van der Waals surface area contributed by atoms with Gasteiger partial charge in [0.25, 0.3) is 5.91 Å². The molecule has 3 nitrogen and oxygen atoms in total. The van der Waals surface area contributed by atoms with Gasteiger partial charge in [0.05, 0.1) is 5.71 Å². The van der Waals surface area contributed by atoms with Crippen LogP contribution in [0.2, 0.25) is 0 Å². The average Bonchev–Trinajstić information content (AvgIpc) is 2.67. The largest absolute Gasteiger partial charge is 0.271 e. The third-order valence-corrected chi connectivity index (χ3v) is 3.65. The predicted octanol–water partition coefficient (Wildman–Crippen LogP) is 4.06. The lowest BCUT2D eigenvalue weighted by Crippen LogP contribution is -2.21. The first-order valence-corrected chi connectivity index (χ1v) is 7.84. The smallest absolute Gasteiger partial charge is 0.267 e. The van der Waals surface area contributed by atoms with Gasteiger partial charge in [-0.05, 0) is 23.3 Å². The Bertz CT molecular complexity index is 812. The van der Waals surface area contributed by atoms with Crippen LogP contribution in [0.15, 0.2) is 96.1 Å². The van der Waals surface area contributed by atoms with Gasteiger partial charge in [0.2, 0.25) is 0 Å². The van der Waals surface area contributed by atoms with Crippen LogP contribution < -0.4 is 5.43 Å². The Morgan fingerprint density at radius 2 is 1.21 bits per heavy atom. The molecule has 0 bridgehead atoms. The highest BCUT2D eigenvalue weighted by Crippen LogP contribution is 2.08. The minimum Gasteiger partial charge on any atom is -0.267 e. The quantitative estimate of drug-likeness (QED) is 0.560. The van der Waals surface area contributed by atoms with Gasteiger partial charge >= 0.3 is 0 Å². The van der Waals surface area contributed by atoms with E-state index in [0.29, 0.717) is 12.0 Å². The lowest BCUT2D eigenvalue weighted by molar-refractivity contribution is 0.0955. The van der Waals surface area contributed by atoms with Crippen molar-refractivity contribution in [2.45, 2.75) is 6.42 Å². The summed E-state index contributed by atoms with van der Waals surface area (Å²) in [5.74, 6) is -0.211. The Morgan fingerprint density at radius 1 is 0.708 bits per heavy atom. The Labute approximate surface area is 141 Å². The summed E-state index contributed by atoms with van der Waals surface area (Å²) in [4.78, 5) is 12.2. The summed E-state index contributed by atoms with van der Waals surface area (Å²) in [7, 11) is 0. The predicted molar refractivity (Wildman–Crippen MR) is 97.0 cm³/mol. The molecule has 0 heterocycles. The maximum absolute atomic E-state index is 12.2. The molecule has 0 spiro atoms. The number of hydrogen-bond acceptors (Lipinski definition) is 2. The van der Waals surface area contributed by atoms with E-state index in [1.807, 2.05) is 66.7 Å². The maximum atomic E-state index is 12.2. The fourth-order valence-electron chi connectivity index (χ4n) is 2.40. The zero-order chi connectivity index (χ0) is 16.6. The highest BCUT2D eigenvalue weighted by atomic mass is 16.2. The van der Waals surface area contributed by atoms with Gasteiger partial charge in [-0.2, -0.15) is 5.10 Å². The van der Waals surface area contributed by atoms with Gasteiger partial charge in [-0.15, -0.1) is 0 Å². The van der Waals surface area contributed by atoms with E-state index in [-0.39, 0.29) is 5.91 Å². The summed E-state index contributed by atoms with van der Waals surface area (Å²) in [6.45, 7) is 0. The highest BCUT2D eigenvalue weighted by Gasteiger charge is 2.07. The van der Waals surface area contributed by atoms with Crippen LogP contribution >= 0.6 is 0 Å². The topological polar surface area (TPSA) is 41.5 Å². The van der Waals surface area contributed by atoms with E-state index >= 15 is 0 Å². The summed E-state index contributed by atoms with van der Waals surface area (Å²) in [5.41, 5.74) is 6.23. The minimum atomic E-state index is -0.211. The first-order valence-electron chi connectivity index (χ1n) is 7.84. The lowest BCUT2D eigenvalue weighted by atomic mass is 10.0. The molecule has 0 saturated carbocycles. The molecule has 0 saturated heterocycles. The second-order valence-electron chi connectivity index (χ2n) is 5.39. The average molecular weight is 314 g/mol. The molecule has 1 amide bonds. The molecule has 3 aromatic rings. The van der Waals surface area contributed by atoms with Crippen molar-refractivity contribution in [2.24, 2.45) is 5.10 Å². The Balaban J connectivity index is 1.83. The number of hydrazone groups is 1. The van der Waals surface area contributed by atoms with Gasteiger partial charge in [0.1, 0.15) is 0 Å². The lowest BCUT2D eigenvalue weighted by Gasteiger charge is -2.08. The van der Waals surface area contributed by atoms with Crippen molar-refractivity contribution in [1.29, 1.82) is 0 Å². The normalized spacial score (nSPS) is 11.1. The molecule has 0 unspecified atom stereocenters. The van der Waals surface area contributed by atoms with Gasteiger partial charge in [-0.3, -0.25) is 4.79 Å². The molecule has 0 aromatic heterocycles. The molecule has 3 heteroatoms. The van der Waals surface area contributed by atoms with Crippen LogP contribution in [0.25, 0.3) is 0 Å². The monoisotopic (exact) mass is 314 g/mol. The minimum absolute atomic E-state index is 0.211. The number of nitrogens with one attached hydrogen (secondary N) is 1. The van der Waals surface area contributed by atoms with Gasteiger partial charge in [-0.1, -0.05) is 78.9 Å². The van der Waals surface area contributed by atoms with Gasteiger partial charge in [-0.25, -0.2) is 5.43 Å². The van der Waals surface area contributed by atoms with Crippen LogP contribution in [0.4, 0.5) is 0 Å². The van der Waals surface area contributed by atoms with Gasteiger partial charge in [0.15, 0.2) is 0 Å². The fourth-order valence-corrected chi connectivity index (χ4v) is 2.40. The van der Waals surface area contributed by atoms with Gasteiger partial charge < -0.3 is 0 Å². The zero-order valence-corrected chi connectivity index (χ0v) is 13.2. The van der Waals surface area contributed by atoms with E-state index in [4.69, 9.17) is 0 Å². The van der Waals surface area contributed by atoms with Crippen molar-refractivity contribution >= 4 is 11.6 Å². The molecule has 1 N–H and O–H groups in total. The molecule has 0 aliphatic rings. The van der Waals surface area contributed by atoms with Crippen LogP contribution in [0.5, 0.6) is 0 Å². The summed E-state index contributed by atoms with van der Waals surface area (Å²) in [6.07, 6.45) is 0.653. The van der Waals surface area contributed by atoms with E-state index in [1.54, 1.807) is 12.1 Å². The number of carbonyl (C=O) groups excluding carboxylic acids is 1. The Hall–Kier alpha value is -3.20. The molecule has 24 heavy (non-hydrogen) atoms. The number of amides is 1. The Kier molecular flexibility index (Phi) is 5.15. The van der Waals surface area contributed by atoms with Crippen LogP contribution in [-0.4, -0.2) is 11.6 Å². The Morgan fingerprint density at radius 3 is 1.79 bits per heavy atom. The van der Waals surface area contributed by atoms with Crippen molar-refractivity contribution in [1.82, 2.24) is 5.43 Å². The number of nitrogens with zero attached hydrogens (tertiary/aromatic N) is 1. The summed E-state index contributed by atoms with van der Waals surface area (Å²) < 4.78 is 0. The summed E-state index contributed by atoms with van der Waals surface area (Å²) >= 11 is 0. The molecule has 0 atom stereocenters. The van der Waals surface area contributed by atoms with E-state index in [9.17, 15) is 4.79 Å². The van der Waals surface area contributed by atoms with Crippen molar-refractivity contribution in [2.75, 3.05) is 0 Å². The van der Waals surface area contributed by atoms with E-state index in [2.05, 4.69) is 22.7 Å². The van der Waals surface area contributed by atoms with E-state index < -0.39 is 0 Å². The van der Waals surface area contributed by atoms with E-state index in [0.717, 1.165) is 16.8 Å². The van der Waals surface area contributed by atoms with Crippen LogP contribution in [-0.2, 0) is 6.42 Å². The van der Waals surface area contributed by atoms with Crippen LogP contribution in [0.1, 0.15) is 21.5 Å². The van der Waals surface area contributed by atoms with Crippen molar-refractivity contribution in [3.05, 3.63) is 108 Å². The summed E-state index contributed by atoms with van der Waals surface area (Å²) in [5, 5.41) is 4.38. The zero-order valence-electron chi connectivity index (χ0n) is 13.2. The molecular weight excluding hydrogens is 296 g/mol. The van der Waals surface area contributed by atoms with E-state index in [1.165, 1.54) is 0 Å². The van der Waals surface area contributed by atoms with Crippen molar-refractivity contribution in [3.63, 3.8) is 0 Å². The number of benzene rings is 3. The standard InChI is InChI=1S/C21H18N2O/c24-21(19-14-8-3-9-15-19)23-22-20(18-12-6-2-7-13-18)16-17-10-4-1-5-11-17/h1-15H,16H2,(H,23,24). The molecule has 3 aromatic carbocycles. The van der Waals surface area contributed by atoms with Crippen LogP contribution in [0.3, 0.4) is 0 Å². The third kappa shape index (κ3) is 4.17. The van der Waals surface area contributed by atoms with Gasteiger partial charge in [0, 0.05) is 12.0 Å². The van der Waals surface area contributed by atoms with Crippen LogP contribution in [0, 0.1) is 0 Å². The second-order valence-corrected chi connectivity index (χ2v) is 5.39. The molecule has 118 valence electrons. The van der Waals surface area contributed by atoms with Crippen molar-refractivity contribution in [3.8, 4) is 0 Å². The number of hydrogen-bond donors (Lipinski definition) is 1. The number of carbonyl (C=O) groups is 1.